The third-order valence-corrected chi connectivity index (χ3v) is 10.2. The number of thiazole rings is 1. The topological polar surface area (TPSA) is 98.0 Å². The van der Waals surface area contributed by atoms with Crippen molar-refractivity contribution in [1.29, 1.82) is 0 Å². The van der Waals surface area contributed by atoms with Crippen LogP contribution in [-0.4, -0.2) is 48.4 Å². The molecule has 1 amide bonds. The average Bonchev–Trinajstić information content (AvgIpc) is 3.43. The fourth-order valence-electron chi connectivity index (χ4n) is 3.97. The van der Waals surface area contributed by atoms with Gasteiger partial charge in [0, 0.05) is 13.1 Å². The molecule has 0 spiro atoms. The Kier molecular flexibility index (Phi) is 7.92. The molecule has 1 aliphatic rings. The minimum Gasteiger partial charge on any atom is -0.462 e. The second-order valence-electron chi connectivity index (χ2n) is 7.82. The van der Waals surface area contributed by atoms with Gasteiger partial charge in [-0.15, -0.1) is 17.9 Å². The van der Waals surface area contributed by atoms with Crippen molar-refractivity contribution in [1.82, 2.24) is 8.87 Å². The van der Waals surface area contributed by atoms with Crippen LogP contribution in [0, 0.1) is 0 Å². The summed E-state index contributed by atoms with van der Waals surface area (Å²) >= 11 is 8.18. The van der Waals surface area contributed by atoms with Crippen molar-refractivity contribution in [2.75, 3.05) is 13.2 Å². The number of thiophene rings is 1. The number of ether oxygens (including phenoxy) is 1. The van der Waals surface area contributed by atoms with Gasteiger partial charge in [0.25, 0.3) is 15.9 Å². The van der Waals surface area contributed by atoms with Crippen LogP contribution in [-0.2, 0) is 26.1 Å². The van der Waals surface area contributed by atoms with Gasteiger partial charge in [-0.1, -0.05) is 35.4 Å². The maximum atomic E-state index is 13.4. The van der Waals surface area contributed by atoms with E-state index in [-0.39, 0.29) is 17.4 Å². The molecule has 35 heavy (non-hydrogen) atoms. The predicted octanol–water partition coefficient (Wildman–Crippen LogP) is 4.45. The number of amides is 1. The minimum absolute atomic E-state index is 0.109. The van der Waals surface area contributed by atoms with E-state index in [1.165, 1.54) is 27.8 Å². The Morgan fingerprint density at radius 3 is 2.74 bits per heavy atom. The molecule has 8 nitrogen and oxygen atoms in total. The van der Waals surface area contributed by atoms with Crippen LogP contribution in [0.25, 0.3) is 10.2 Å². The minimum atomic E-state index is -3.88. The van der Waals surface area contributed by atoms with E-state index < -0.39 is 27.9 Å². The molecule has 0 N–H and O–H groups in total. The molecule has 12 heteroatoms. The van der Waals surface area contributed by atoms with Crippen LogP contribution in [0.1, 0.15) is 36.5 Å². The highest BCUT2D eigenvalue weighted by molar-refractivity contribution is 7.91. The first kappa shape index (κ1) is 25.8. The number of hydrogen-bond donors (Lipinski definition) is 0. The maximum absolute atomic E-state index is 13.4. The Morgan fingerprint density at radius 1 is 1.26 bits per heavy atom. The van der Waals surface area contributed by atoms with Gasteiger partial charge in [0.1, 0.15) is 10.3 Å². The number of halogens is 1. The third-order valence-electron chi connectivity index (χ3n) is 5.56. The average molecular weight is 554 g/mol. The van der Waals surface area contributed by atoms with E-state index >= 15 is 0 Å². The van der Waals surface area contributed by atoms with E-state index in [0.29, 0.717) is 34.1 Å². The molecule has 186 valence electrons. The fourth-order valence-corrected chi connectivity index (χ4v) is 8.31. The standard InChI is InChI=1S/C23H24ClN3O5S3/c1-3-12-26-16-9-8-15(22(29)32-4-2)14-18(16)33-23(26)25-21(28)17-7-5-6-13-27(17)35(30,31)20-11-10-19(24)34-20/h3,8-11,14,17H,1,4-7,12-13H2,2H3. The molecule has 3 heterocycles. The number of carbonyl (C=O) groups excluding carboxylic acids is 2. The molecule has 2 aromatic heterocycles. The van der Waals surface area contributed by atoms with Crippen LogP contribution in [0.2, 0.25) is 4.34 Å². The molecule has 1 aliphatic heterocycles. The Balaban J connectivity index is 1.74. The number of hydrogen-bond acceptors (Lipinski definition) is 7. The number of rotatable bonds is 7. The van der Waals surface area contributed by atoms with Crippen molar-refractivity contribution in [3.8, 4) is 0 Å². The number of benzene rings is 1. The molecule has 1 aromatic carbocycles. The number of nitrogens with zero attached hydrogens (tertiary/aromatic N) is 3. The highest BCUT2D eigenvalue weighted by Crippen LogP contribution is 2.32. The molecule has 1 atom stereocenters. The third kappa shape index (κ3) is 5.29. The van der Waals surface area contributed by atoms with Crippen LogP contribution in [0.15, 0.2) is 52.2 Å². The summed E-state index contributed by atoms with van der Waals surface area (Å²) in [6.45, 7) is 6.43. The quantitative estimate of drug-likeness (QED) is 0.318. The molecule has 0 bridgehead atoms. The van der Waals surface area contributed by atoms with Crippen LogP contribution >= 0.6 is 34.3 Å². The summed E-state index contributed by atoms with van der Waals surface area (Å²) in [5, 5.41) is 0. The molecule has 0 saturated carbocycles. The van der Waals surface area contributed by atoms with Gasteiger partial charge in [0.05, 0.1) is 26.7 Å². The normalized spacial score (nSPS) is 17.5. The summed E-state index contributed by atoms with van der Waals surface area (Å²) in [4.78, 5) is 30.3. The van der Waals surface area contributed by atoms with Gasteiger partial charge in [0.2, 0.25) is 0 Å². The molecule has 3 aromatic rings. The number of sulfonamides is 1. The molecular weight excluding hydrogens is 530 g/mol. The zero-order valence-corrected chi connectivity index (χ0v) is 22.2. The predicted molar refractivity (Wildman–Crippen MR) is 137 cm³/mol. The lowest BCUT2D eigenvalue weighted by molar-refractivity contribution is -0.122. The lowest BCUT2D eigenvalue weighted by atomic mass is 10.0. The first-order valence-electron chi connectivity index (χ1n) is 11.0. The highest BCUT2D eigenvalue weighted by Gasteiger charge is 2.38. The van der Waals surface area contributed by atoms with Crippen molar-refractivity contribution in [3.63, 3.8) is 0 Å². The first-order valence-corrected chi connectivity index (χ1v) is 14.5. The SMILES string of the molecule is C=CCn1c(=NC(=O)C2CCCCN2S(=O)(=O)c2ccc(Cl)s2)sc2cc(C(=O)OCC)ccc21. The number of allylic oxidation sites excluding steroid dienone is 1. The highest BCUT2D eigenvalue weighted by atomic mass is 35.5. The zero-order valence-electron chi connectivity index (χ0n) is 19.0. The lowest BCUT2D eigenvalue weighted by Crippen LogP contribution is -2.47. The van der Waals surface area contributed by atoms with Gasteiger partial charge in [-0.05, 0) is 50.1 Å². The number of aromatic nitrogens is 1. The van der Waals surface area contributed by atoms with Gasteiger partial charge >= 0.3 is 5.97 Å². The van der Waals surface area contributed by atoms with E-state index in [2.05, 4.69) is 11.6 Å². The van der Waals surface area contributed by atoms with E-state index in [1.54, 1.807) is 31.2 Å². The summed E-state index contributed by atoms with van der Waals surface area (Å²) in [6, 6.07) is 7.25. The van der Waals surface area contributed by atoms with E-state index in [9.17, 15) is 18.0 Å². The van der Waals surface area contributed by atoms with Gasteiger partial charge in [-0.25, -0.2) is 13.2 Å². The van der Waals surface area contributed by atoms with Gasteiger partial charge in [-0.2, -0.15) is 9.30 Å². The van der Waals surface area contributed by atoms with E-state index in [4.69, 9.17) is 16.3 Å². The zero-order chi connectivity index (χ0) is 25.2. The smallest absolute Gasteiger partial charge is 0.338 e. The Labute approximate surface area is 216 Å². The molecule has 0 aliphatic carbocycles. The monoisotopic (exact) mass is 553 g/mol. The fraction of sp³-hybridized carbons (Fsp3) is 0.348. The number of fused-ring (bicyclic) bond motifs is 1. The van der Waals surface area contributed by atoms with Crippen LogP contribution in [0.5, 0.6) is 0 Å². The van der Waals surface area contributed by atoms with Crippen molar-refractivity contribution in [2.24, 2.45) is 4.99 Å². The van der Waals surface area contributed by atoms with Crippen molar-refractivity contribution >= 4 is 66.4 Å². The van der Waals surface area contributed by atoms with Crippen molar-refractivity contribution in [3.05, 3.63) is 57.7 Å². The molecule has 1 unspecified atom stereocenters. The molecule has 4 rings (SSSR count). The van der Waals surface area contributed by atoms with Gasteiger partial charge in [0.15, 0.2) is 4.80 Å². The summed E-state index contributed by atoms with van der Waals surface area (Å²) in [6.07, 6.45) is 3.47. The van der Waals surface area contributed by atoms with Gasteiger partial charge < -0.3 is 9.30 Å². The summed E-state index contributed by atoms with van der Waals surface area (Å²) in [5.74, 6) is -0.949. The molecular formula is C23H24ClN3O5S3. The van der Waals surface area contributed by atoms with E-state index in [1.807, 2.05) is 4.57 Å². The Bertz CT molecular complexity index is 1450. The van der Waals surface area contributed by atoms with Crippen molar-refractivity contribution in [2.45, 2.75) is 43.0 Å². The summed E-state index contributed by atoms with van der Waals surface area (Å²) < 4.78 is 35.9. The van der Waals surface area contributed by atoms with E-state index in [0.717, 1.165) is 28.0 Å². The maximum Gasteiger partial charge on any atom is 0.338 e. The number of esters is 1. The van der Waals surface area contributed by atoms with Crippen LogP contribution < -0.4 is 4.80 Å². The lowest BCUT2D eigenvalue weighted by Gasteiger charge is -2.31. The second kappa shape index (κ2) is 10.8. The largest absolute Gasteiger partial charge is 0.462 e. The van der Waals surface area contributed by atoms with Gasteiger partial charge in [-0.3, -0.25) is 4.79 Å². The Hall–Kier alpha value is -2.31. The number of carbonyl (C=O) groups is 2. The first-order chi connectivity index (χ1) is 16.8. The number of piperidine rings is 1. The van der Waals surface area contributed by atoms with Crippen LogP contribution in [0.3, 0.4) is 0 Å². The molecule has 1 saturated heterocycles. The molecule has 0 radical (unpaired) electrons. The van der Waals surface area contributed by atoms with Crippen LogP contribution in [0.4, 0.5) is 0 Å². The Morgan fingerprint density at radius 2 is 2.06 bits per heavy atom. The summed E-state index contributed by atoms with van der Waals surface area (Å²) in [5.41, 5.74) is 1.19. The molecule has 1 fully saturated rings. The van der Waals surface area contributed by atoms with Crippen molar-refractivity contribution < 1.29 is 22.7 Å². The second-order valence-corrected chi connectivity index (χ2v) is 12.7. The summed E-state index contributed by atoms with van der Waals surface area (Å²) in [7, 11) is -3.88.